The number of aryl methyl sites for hydroxylation is 1. The molecule has 9 heteroatoms. The van der Waals surface area contributed by atoms with Gasteiger partial charge in [0.05, 0.1) is 12.8 Å². The number of hydrogen-bond acceptors (Lipinski definition) is 6. The molecule has 2 aromatic rings. The van der Waals surface area contributed by atoms with E-state index in [1.165, 1.54) is 19.2 Å². The zero-order valence-electron chi connectivity index (χ0n) is 10.7. The number of H-pyrrole nitrogens is 1. The van der Waals surface area contributed by atoms with E-state index in [2.05, 4.69) is 24.6 Å². The monoisotopic (exact) mass is 296 g/mol. The maximum Gasteiger partial charge on any atom is 0.360 e. The number of aromatic amines is 1. The van der Waals surface area contributed by atoms with E-state index in [0.29, 0.717) is 0 Å². The maximum atomic E-state index is 12.3. The van der Waals surface area contributed by atoms with Crippen LogP contribution < -0.4 is 4.72 Å². The molecule has 0 aromatic carbocycles. The lowest BCUT2D eigenvalue weighted by Crippen LogP contribution is -2.18. The van der Waals surface area contributed by atoms with Crippen LogP contribution in [0.3, 0.4) is 0 Å². The van der Waals surface area contributed by atoms with Gasteiger partial charge >= 0.3 is 5.97 Å². The van der Waals surface area contributed by atoms with Crippen molar-refractivity contribution in [1.82, 2.24) is 15.2 Å². The lowest BCUT2D eigenvalue weighted by atomic mass is 10.4. The van der Waals surface area contributed by atoms with Crippen LogP contribution >= 0.6 is 0 Å². The highest BCUT2D eigenvalue weighted by Gasteiger charge is 2.29. The fourth-order valence-corrected chi connectivity index (χ4v) is 2.92. The van der Waals surface area contributed by atoms with Gasteiger partial charge < -0.3 is 4.74 Å². The number of aromatic nitrogens is 3. The standard InChI is InChI=1S/C11H12N4O4S/c1-7-10(9(14-13-7)11(16)19-2)20(17,18)15-8-5-3-4-6-12-8/h3-6H,1-2H3,(H,12,15)(H,13,14). The van der Waals surface area contributed by atoms with Crippen LogP contribution in [0.15, 0.2) is 29.3 Å². The molecule has 20 heavy (non-hydrogen) atoms. The number of pyridine rings is 1. The molecule has 0 atom stereocenters. The zero-order chi connectivity index (χ0) is 14.8. The molecule has 0 unspecified atom stereocenters. The van der Waals surface area contributed by atoms with Crippen molar-refractivity contribution >= 4 is 21.8 Å². The van der Waals surface area contributed by atoms with Crippen LogP contribution in [-0.4, -0.2) is 36.7 Å². The average Bonchev–Trinajstić information content (AvgIpc) is 2.81. The van der Waals surface area contributed by atoms with Gasteiger partial charge in [-0.15, -0.1) is 0 Å². The van der Waals surface area contributed by atoms with E-state index in [9.17, 15) is 13.2 Å². The quantitative estimate of drug-likeness (QED) is 0.803. The number of methoxy groups -OCH3 is 1. The van der Waals surface area contributed by atoms with Crippen LogP contribution in [0.2, 0.25) is 0 Å². The van der Waals surface area contributed by atoms with Gasteiger partial charge in [0.2, 0.25) is 0 Å². The van der Waals surface area contributed by atoms with Crippen molar-refractivity contribution in [2.24, 2.45) is 0 Å². The van der Waals surface area contributed by atoms with E-state index in [-0.39, 0.29) is 22.1 Å². The summed E-state index contributed by atoms with van der Waals surface area (Å²) in [5.74, 6) is -0.695. The Morgan fingerprint density at radius 3 is 2.75 bits per heavy atom. The van der Waals surface area contributed by atoms with Gasteiger partial charge in [0.25, 0.3) is 10.0 Å². The van der Waals surface area contributed by atoms with Gasteiger partial charge in [-0.25, -0.2) is 18.2 Å². The molecular formula is C11H12N4O4S. The van der Waals surface area contributed by atoms with Gasteiger partial charge in [-0.05, 0) is 19.1 Å². The zero-order valence-corrected chi connectivity index (χ0v) is 11.6. The van der Waals surface area contributed by atoms with Crippen molar-refractivity contribution in [3.63, 3.8) is 0 Å². The molecule has 0 amide bonds. The van der Waals surface area contributed by atoms with E-state index in [4.69, 9.17) is 0 Å². The number of sulfonamides is 1. The minimum atomic E-state index is -3.99. The largest absolute Gasteiger partial charge is 0.464 e. The number of anilines is 1. The molecule has 0 bridgehead atoms. The second-order valence-corrected chi connectivity index (χ2v) is 5.46. The SMILES string of the molecule is COC(=O)c1n[nH]c(C)c1S(=O)(=O)Nc1ccccn1. The molecule has 0 aliphatic rings. The first-order chi connectivity index (χ1) is 9.45. The Morgan fingerprint density at radius 2 is 2.15 bits per heavy atom. The lowest BCUT2D eigenvalue weighted by Gasteiger charge is -2.07. The molecule has 2 rings (SSSR count). The Hall–Kier alpha value is -2.42. The van der Waals surface area contributed by atoms with E-state index >= 15 is 0 Å². The highest BCUT2D eigenvalue weighted by molar-refractivity contribution is 7.92. The van der Waals surface area contributed by atoms with Gasteiger partial charge in [0.1, 0.15) is 10.7 Å². The second kappa shape index (κ2) is 5.29. The van der Waals surface area contributed by atoms with Crippen LogP contribution in [0.1, 0.15) is 16.2 Å². The summed E-state index contributed by atoms with van der Waals surface area (Å²) in [4.78, 5) is 15.1. The number of hydrogen-bond donors (Lipinski definition) is 2. The topological polar surface area (TPSA) is 114 Å². The lowest BCUT2D eigenvalue weighted by molar-refractivity contribution is 0.0589. The molecule has 0 aliphatic carbocycles. The predicted molar refractivity (Wildman–Crippen MR) is 69.7 cm³/mol. The normalized spacial score (nSPS) is 11.1. The molecule has 0 aliphatic heterocycles. The summed E-state index contributed by atoms with van der Waals surface area (Å²) in [5, 5.41) is 6.11. The number of rotatable bonds is 4. The van der Waals surface area contributed by atoms with E-state index in [0.717, 1.165) is 7.11 Å². The average molecular weight is 296 g/mol. The third-order valence-electron chi connectivity index (χ3n) is 2.44. The Kier molecular flexibility index (Phi) is 3.70. The number of esters is 1. The molecular weight excluding hydrogens is 284 g/mol. The van der Waals surface area contributed by atoms with E-state index in [1.807, 2.05) is 0 Å². The number of nitrogens with zero attached hydrogens (tertiary/aromatic N) is 2. The van der Waals surface area contributed by atoms with Crippen molar-refractivity contribution in [3.05, 3.63) is 35.8 Å². The smallest absolute Gasteiger partial charge is 0.360 e. The minimum Gasteiger partial charge on any atom is -0.464 e. The molecule has 0 radical (unpaired) electrons. The van der Waals surface area contributed by atoms with Crippen molar-refractivity contribution < 1.29 is 17.9 Å². The van der Waals surface area contributed by atoms with Crippen molar-refractivity contribution in [1.29, 1.82) is 0 Å². The number of nitrogens with one attached hydrogen (secondary N) is 2. The molecule has 0 fully saturated rings. The van der Waals surface area contributed by atoms with Crippen LogP contribution in [0.5, 0.6) is 0 Å². The van der Waals surface area contributed by atoms with Crippen molar-refractivity contribution in [3.8, 4) is 0 Å². The van der Waals surface area contributed by atoms with Crippen LogP contribution in [0.4, 0.5) is 5.82 Å². The molecule has 0 saturated carbocycles. The van der Waals surface area contributed by atoms with Crippen molar-refractivity contribution in [2.75, 3.05) is 11.8 Å². The maximum absolute atomic E-state index is 12.3. The summed E-state index contributed by atoms with van der Waals surface area (Å²) < 4.78 is 31.4. The molecule has 2 N–H and O–H groups in total. The number of carbonyl (C=O) groups is 1. The molecule has 2 heterocycles. The second-order valence-electron chi connectivity index (χ2n) is 3.84. The highest BCUT2D eigenvalue weighted by atomic mass is 32.2. The first-order valence-corrected chi connectivity index (χ1v) is 7.01. The summed E-state index contributed by atoms with van der Waals surface area (Å²) in [6.07, 6.45) is 1.45. The van der Waals surface area contributed by atoms with Crippen LogP contribution in [0.25, 0.3) is 0 Å². The fourth-order valence-electron chi connectivity index (χ4n) is 1.59. The fraction of sp³-hybridized carbons (Fsp3) is 0.182. The van der Waals surface area contributed by atoms with Gasteiger partial charge in [0, 0.05) is 6.20 Å². The Morgan fingerprint density at radius 1 is 1.40 bits per heavy atom. The molecule has 8 nitrogen and oxygen atoms in total. The summed E-state index contributed by atoms with van der Waals surface area (Å²) >= 11 is 0. The van der Waals surface area contributed by atoms with E-state index in [1.54, 1.807) is 12.1 Å². The third-order valence-corrected chi connectivity index (χ3v) is 3.96. The molecule has 0 saturated heterocycles. The molecule has 106 valence electrons. The molecule has 0 spiro atoms. The highest BCUT2D eigenvalue weighted by Crippen LogP contribution is 2.20. The first kappa shape index (κ1) is 14.0. The number of carbonyl (C=O) groups excluding carboxylic acids is 1. The van der Waals surface area contributed by atoms with Crippen LogP contribution in [0, 0.1) is 6.92 Å². The third kappa shape index (κ3) is 2.62. The Labute approximate surface area is 115 Å². The van der Waals surface area contributed by atoms with Gasteiger partial charge in [-0.1, -0.05) is 6.07 Å². The first-order valence-electron chi connectivity index (χ1n) is 5.53. The Bertz CT molecular complexity index is 724. The van der Waals surface area contributed by atoms with Crippen LogP contribution in [-0.2, 0) is 14.8 Å². The van der Waals surface area contributed by atoms with Gasteiger partial charge in [-0.2, -0.15) is 5.10 Å². The van der Waals surface area contributed by atoms with Gasteiger partial charge in [0.15, 0.2) is 5.69 Å². The molecule has 2 aromatic heterocycles. The van der Waals surface area contributed by atoms with Gasteiger partial charge in [-0.3, -0.25) is 9.82 Å². The van der Waals surface area contributed by atoms with Crippen molar-refractivity contribution in [2.45, 2.75) is 11.8 Å². The number of ether oxygens (including phenoxy) is 1. The minimum absolute atomic E-state index is 0.143. The summed E-state index contributed by atoms with van der Waals surface area (Å²) in [6.45, 7) is 1.49. The summed E-state index contributed by atoms with van der Waals surface area (Å²) in [5.41, 5.74) is -0.0673. The van der Waals surface area contributed by atoms with E-state index < -0.39 is 16.0 Å². The summed E-state index contributed by atoms with van der Waals surface area (Å²) in [7, 11) is -2.85. The summed E-state index contributed by atoms with van der Waals surface area (Å²) in [6, 6.07) is 4.78. The predicted octanol–water partition coefficient (Wildman–Crippen LogP) is 0.701. The Balaban J connectivity index is 2.45.